The van der Waals surface area contributed by atoms with Gasteiger partial charge < -0.3 is 14.6 Å². The van der Waals surface area contributed by atoms with Gasteiger partial charge in [-0.05, 0) is 17.7 Å². The highest BCUT2D eigenvalue weighted by Crippen LogP contribution is 2.26. The first kappa shape index (κ1) is 9.45. The van der Waals surface area contributed by atoms with Gasteiger partial charge >= 0.3 is 0 Å². The van der Waals surface area contributed by atoms with Crippen molar-refractivity contribution in [3.05, 3.63) is 36.6 Å². The normalized spacial score (nSPS) is 9.31. The lowest BCUT2D eigenvalue weighted by Crippen LogP contribution is -1.89. The lowest BCUT2D eigenvalue weighted by Gasteiger charge is -2.05. The Morgan fingerprint density at radius 1 is 1.54 bits per heavy atom. The van der Waals surface area contributed by atoms with E-state index in [0.717, 1.165) is 5.56 Å². The molecule has 0 bridgehead atoms. The number of hydrogen-bond acceptors (Lipinski definition) is 3. The number of rotatable bonds is 4. The molecule has 0 aliphatic heterocycles. The summed E-state index contributed by atoms with van der Waals surface area (Å²) < 4.78 is 9.92. The summed E-state index contributed by atoms with van der Waals surface area (Å²) in [5, 5.41) is 9.27. The quantitative estimate of drug-likeness (QED) is 0.721. The fourth-order valence-electron chi connectivity index (χ4n) is 0.967. The highest BCUT2D eigenvalue weighted by Gasteiger charge is 2.01. The van der Waals surface area contributed by atoms with Crippen LogP contribution in [-0.2, 0) is 11.3 Å². The monoisotopic (exact) mass is 180 g/mol. The Morgan fingerprint density at radius 2 is 2.31 bits per heavy atom. The van der Waals surface area contributed by atoms with Crippen molar-refractivity contribution in [2.24, 2.45) is 0 Å². The molecule has 3 heteroatoms. The van der Waals surface area contributed by atoms with Gasteiger partial charge in [0.1, 0.15) is 6.61 Å². The van der Waals surface area contributed by atoms with E-state index in [-0.39, 0.29) is 5.75 Å². The predicted molar refractivity (Wildman–Crippen MR) is 49.6 cm³/mol. The molecule has 0 fully saturated rings. The van der Waals surface area contributed by atoms with E-state index in [1.165, 1.54) is 13.4 Å². The van der Waals surface area contributed by atoms with Gasteiger partial charge in [0.2, 0.25) is 0 Å². The van der Waals surface area contributed by atoms with Gasteiger partial charge in [0.15, 0.2) is 11.5 Å². The molecule has 70 valence electrons. The van der Waals surface area contributed by atoms with Crippen LogP contribution in [0.5, 0.6) is 11.5 Å². The molecule has 0 spiro atoms. The van der Waals surface area contributed by atoms with Crippen LogP contribution in [0.3, 0.4) is 0 Å². The third kappa shape index (κ3) is 2.40. The van der Waals surface area contributed by atoms with Crippen LogP contribution in [-0.4, -0.2) is 12.2 Å². The molecule has 3 nitrogen and oxygen atoms in total. The number of phenolic OH excluding ortho intramolecular Hbond substituents is 1. The van der Waals surface area contributed by atoms with Crippen LogP contribution in [0.1, 0.15) is 5.56 Å². The predicted octanol–water partition coefficient (Wildman–Crippen LogP) is 2.06. The molecule has 0 aromatic heterocycles. The van der Waals surface area contributed by atoms with Crippen LogP contribution in [0, 0.1) is 0 Å². The number of ether oxygens (including phenoxy) is 2. The summed E-state index contributed by atoms with van der Waals surface area (Å²) in [6.07, 6.45) is 1.37. The number of hydrogen-bond donors (Lipinski definition) is 1. The fraction of sp³-hybridized carbons (Fsp3) is 0.200. The van der Waals surface area contributed by atoms with Crippen molar-refractivity contribution in [1.82, 2.24) is 0 Å². The number of methoxy groups -OCH3 is 1. The van der Waals surface area contributed by atoms with Gasteiger partial charge in [-0.1, -0.05) is 12.6 Å². The van der Waals surface area contributed by atoms with Crippen LogP contribution < -0.4 is 4.74 Å². The Balaban J connectivity index is 2.79. The summed E-state index contributed by atoms with van der Waals surface area (Å²) in [5.41, 5.74) is 0.926. The first-order valence-corrected chi connectivity index (χ1v) is 3.86. The maximum absolute atomic E-state index is 9.27. The zero-order valence-corrected chi connectivity index (χ0v) is 7.49. The summed E-state index contributed by atoms with van der Waals surface area (Å²) in [5.74, 6) is 0.579. The Bertz CT molecular complexity index is 294. The van der Waals surface area contributed by atoms with Gasteiger partial charge in [-0.15, -0.1) is 0 Å². The Morgan fingerprint density at radius 3 is 2.92 bits per heavy atom. The Kier molecular flexibility index (Phi) is 3.20. The molecule has 0 unspecified atom stereocenters. The summed E-state index contributed by atoms with van der Waals surface area (Å²) in [6, 6.07) is 5.06. The molecule has 1 rings (SSSR count). The summed E-state index contributed by atoms with van der Waals surface area (Å²) in [7, 11) is 1.51. The lowest BCUT2D eigenvalue weighted by molar-refractivity contribution is 0.237. The lowest BCUT2D eigenvalue weighted by atomic mass is 10.2. The molecule has 0 aliphatic rings. The smallest absolute Gasteiger partial charge is 0.160 e. The van der Waals surface area contributed by atoms with Gasteiger partial charge in [0.05, 0.1) is 13.4 Å². The fourth-order valence-corrected chi connectivity index (χ4v) is 0.967. The Hall–Kier alpha value is -1.64. The molecule has 0 saturated carbocycles. The van der Waals surface area contributed by atoms with E-state index < -0.39 is 0 Å². The molecule has 1 aromatic carbocycles. The minimum Gasteiger partial charge on any atom is -0.504 e. The van der Waals surface area contributed by atoms with Crippen molar-refractivity contribution in [2.45, 2.75) is 6.61 Å². The largest absolute Gasteiger partial charge is 0.504 e. The molecule has 0 heterocycles. The van der Waals surface area contributed by atoms with Gasteiger partial charge in [-0.25, -0.2) is 0 Å². The summed E-state index contributed by atoms with van der Waals surface area (Å²) >= 11 is 0. The molecule has 0 radical (unpaired) electrons. The van der Waals surface area contributed by atoms with E-state index in [1.54, 1.807) is 18.2 Å². The van der Waals surface area contributed by atoms with E-state index in [0.29, 0.717) is 12.4 Å². The van der Waals surface area contributed by atoms with Crippen molar-refractivity contribution in [1.29, 1.82) is 0 Å². The second-order valence-corrected chi connectivity index (χ2v) is 2.48. The van der Waals surface area contributed by atoms with E-state index in [4.69, 9.17) is 9.47 Å². The van der Waals surface area contributed by atoms with Crippen LogP contribution in [0.25, 0.3) is 0 Å². The minimum absolute atomic E-state index is 0.129. The van der Waals surface area contributed by atoms with E-state index >= 15 is 0 Å². The van der Waals surface area contributed by atoms with Crippen LogP contribution in [0.4, 0.5) is 0 Å². The topological polar surface area (TPSA) is 38.7 Å². The SMILES string of the molecule is C=COCc1ccc(O)c(OC)c1. The zero-order chi connectivity index (χ0) is 9.68. The van der Waals surface area contributed by atoms with Gasteiger partial charge in [0, 0.05) is 0 Å². The second kappa shape index (κ2) is 4.40. The maximum atomic E-state index is 9.27. The van der Waals surface area contributed by atoms with Gasteiger partial charge in [-0.3, -0.25) is 0 Å². The van der Waals surface area contributed by atoms with Crippen LogP contribution >= 0.6 is 0 Å². The molecule has 0 atom stereocenters. The van der Waals surface area contributed by atoms with Crippen LogP contribution in [0.15, 0.2) is 31.0 Å². The summed E-state index contributed by atoms with van der Waals surface area (Å²) in [4.78, 5) is 0. The Labute approximate surface area is 77.2 Å². The van der Waals surface area contributed by atoms with Gasteiger partial charge in [-0.2, -0.15) is 0 Å². The molecular formula is C10H12O3. The molecule has 1 aromatic rings. The highest BCUT2D eigenvalue weighted by atomic mass is 16.5. The average Bonchev–Trinajstić information content (AvgIpc) is 2.16. The first-order valence-electron chi connectivity index (χ1n) is 3.86. The molecule has 1 N–H and O–H groups in total. The average molecular weight is 180 g/mol. The van der Waals surface area contributed by atoms with E-state index in [1.807, 2.05) is 0 Å². The number of benzene rings is 1. The van der Waals surface area contributed by atoms with E-state index in [9.17, 15) is 5.11 Å². The molecule has 13 heavy (non-hydrogen) atoms. The van der Waals surface area contributed by atoms with Crippen molar-refractivity contribution in [3.8, 4) is 11.5 Å². The minimum atomic E-state index is 0.129. The number of phenols is 1. The van der Waals surface area contributed by atoms with Crippen molar-refractivity contribution >= 4 is 0 Å². The maximum Gasteiger partial charge on any atom is 0.160 e. The zero-order valence-electron chi connectivity index (χ0n) is 7.49. The molecule has 0 saturated heterocycles. The first-order chi connectivity index (χ1) is 6.27. The van der Waals surface area contributed by atoms with Crippen molar-refractivity contribution in [2.75, 3.05) is 7.11 Å². The van der Waals surface area contributed by atoms with Crippen molar-refractivity contribution < 1.29 is 14.6 Å². The molecule has 0 aliphatic carbocycles. The number of aromatic hydroxyl groups is 1. The summed E-state index contributed by atoms with van der Waals surface area (Å²) in [6.45, 7) is 3.86. The van der Waals surface area contributed by atoms with Gasteiger partial charge in [0.25, 0.3) is 0 Å². The highest BCUT2D eigenvalue weighted by molar-refractivity contribution is 5.41. The van der Waals surface area contributed by atoms with E-state index in [2.05, 4.69) is 6.58 Å². The van der Waals surface area contributed by atoms with Crippen molar-refractivity contribution in [3.63, 3.8) is 0 Å². The molecular weight excluding hydrogens is 168 g/mol. The standard InChI is InChI=1S/C10H12O3/c1-3-13-7-8-4-5-9(11)10(6-8)12-2/h3-6,11H,1,7H2,2H3. The second-order valence-electron chi connectivity index (χ2n) is 2.48. The molecule has 0 amide bonds. The third-order valence-corrected chi connectivity index (χ3v) is 1.61. The van der Waals surface area contributed by atoms with Crippen LogP contribution in [0.2, 0.25) is 0 Å². The third-order valence-electron chi connectivity index (χ3n) is 1.61.